The number of rotatable bonds is 3. The number of aryl methyl sites for hydroxylation is 2. The fraction of sp³-hybridized carbons (Fsp3) is 0.308. The van der Waals surface area contributed by atoms with E-state index >= 15 is 0 Å². The van der Waals surface area contributed by atoms with Gasteiger partial charge in [-0.05, 0) is 30.7 Å². The zero-order valence-electron chi connectivity index (χ0n) is 10.8. The summed E-state index contributed by atoms with van der Waals surface area (Å²) < 4.78 is 5.23. The lowest BCUT2D eigenvalue weighted by atomic mass is 10.1. The Balaban J connectivity index is 2.48. The molecule has 0 saturated heterocycles. The van der Waals surface area contributed by atoms with E-state index in [0.29, 0.717) is 11.6 Å². The van der Waals surface area contributed by atoms with E-state index in [1.807, 2.05) is 32.0 Å². The molecule has 0 aliphatic rings. The highest BCUT2D eigenvalue weighted by Crippen LogP contribution is 2.24. The van der Waals surface area contributed by atoms with Crippen LogP contribution in [-0.2, 0) is 6.42 Å². The topological polar surface area (TPSA) is 73.9 Å². The lowest BCUT2D eigenvalue weighted by Crippen LogP contribution is -2.04. The van der Waals surface area contributed by atoms with Crippen LogP contribution in [0.4, 0.5) is 5.95 Å². The normalized spacial score (nSPS) is 10.4. The van der Waals surface area contributed by atoms with Gasteiger partial charge in [-0.2, -0.15) is 9.97 Å². The molecule has 0 bridgehead atoms. The van der Waals surface area contributed by atoms with Gasteiger partial charge in [0.25, 0.3) is 0 Å². The van der Waals surface area contributed by atoms with E-state index in [4.69, 9.17) is 10.5 Å². The van der Waals surface area contributed by atoms with Gasteiger partial charge in [0.2, 0.25) is 5.95 Å². The average molecular weight is 244 g/mol. The van der Waals surface area contributed by atoms with Crippen LogP contribution >= 0.6 is 0 Å². The summed E-state index contributed by atoms with van der Waals surface area (Å²) in [6, 6.07) is 5.79. The fourth-order valence-electron chi connectivity index (χ4n) is 1.74. The number of hydrogen-bond donors (Lipinski definition) is 1. The van der Waals surface area contributed by atoms with Crippen molar-refractivity contribution in [2.45, 2.75) is 20.3 Å². The standard InChI is InChI=1S/C13H16N4O/c1-4-11-15-12(17-13(14)16-11)9-5-6-10(18-3)8(2)7-9/h5-7H,4H2,1-3H3,(H2,14,15,16,17). The van der Waals surface area contributed by atoms with Crippen LogP contribution in [0.3, 0.4) is 0 Å². The molecule has 0 spiro atoms. The van der Waals surface area contributed by atoms with Gasteiger partial charge in [-0.3, -0.25) is 0 Å². The van der Waals surface area contributed by atoms with E-state index in [2.05, 4.69) is 15.0 Å². The van der Waals surface area contributed by atoms with E-state index in [1.54, 1.807) is 7.11 Å². The Morgan fingerprint density at radius 1 is 1.22 bits per heavy atom. The summed E-state index contributed by atoms with van der Waals surface area (Å²) in [6.07, 6.45) is 0.731. The van der Waals surface area contributed by atoms with Crippen LogP contribution in [0.15, 0.2) is 18.2 Å². The van der Waals surface area contributed by atoms with Gasteiger partial charge in [-0.15, -0.1) is 0 Å². The molecule has 5 nitrogen and oxygen atoms in total. The summed E-state index contributed by atoms with van der Waals surface area (Å²) >= 11 is 0. The second kappa shape index (κ2) is 5.00. The maximum Gasteiger partial charge on any atom is 0.223 e. The van der Waals surface area contributed by atoms with Crippen LogP contribution in [0, 0.1) is 6.92 Å². The van der Waals surface area contributed by atoms with Crippen molar-refractivity contribution in [3.8, 4) is 17.1 Å². The minimum Gasteiger partial charge on any atom is -0.496 e. The summed E-state index contributed by atoms with van der Waals surface area (Å²) in [5.74, 6) is 2.40. The Kier molecular flexibility index (Phi) is 3.41. The summed E-state index contributed by atoms with van der Waals surface area (Å²) in [7, 11) is 1.65. The van der Waals surface area contributed by atoms with Crippen molar-refractivity contribution in [1.82, 2.24) is 15.0 Å². The van der Waals surface area contributed by atoms with Gasteiger partial charge in [0, 0.05) is 12.0 Å². The van der Waals surface area contributed by atoms with Crippen LogP contribution < -0.4 is 10.5 Å². The van der Waals surface area contributed by atoms with Crippen molar-refractivity contribution in [2.75, 3.05) is 12.8 Å². The van der Waals surface area contributed by atoms with Gasteiger partial charge in [0.1, 0.15) is 11.6 Å². The highest BCUT2D eigenvalue weighted by molar-refractivity contribution is 5.59. The number of benzene rings is 1. The number of nitrogens with two attached hydrogens (primary N) is 1. The molecule has 0 aliphatic heterocycles. The predicted octanol–water partition coefficient (Wildman–Crippen LogP) is 2.00. The molecule has 0 radical (unpaired) electrons. The van der Waals surface area contributed by atoms with Crippen molar-refractivity contribution >= 4 is 5.95 Å². The average Bonchev–Trinajstić information content (AvgIpc) is 2.37. The first-order valence-corrected chi connectivity index (χ1v) is 5.79. The van der Waals surface area contributed by atoms with E-state index in [-0.39, 0.29) is 5.95 Å². The number of nitrogen functional groups attached to an aromatic ring is 1. The van der Waals surface area contributed by atoms with Gasteiger partial charge in [0.05, 0.1) is 7.11 Å². The largest absolute Gasteiger partial charge is 0.496 e. The summed E-state index contributed by atoms with van der Waals surface area (Å²) in [5, 5.41) is 0. The van der Waals surface area contributed by atoms with Gasteiger partial charge < -0.3 is 10.5 Å². The van der Waals surface area contributed by atoms with Gasteiger partial charge in [-0.25, -0.2) is 4.98 Å². The highest BCUT2D eigenvalue weighted by Gasteiger charge is 2.07. The second-order valence-electron chi connectivity index (χ2n) is 3.97. The van der Waals surface area contributed by atoms with Crippen molar-refractivity contribution in [3.63, 3.8) is 0 Å². The van der Waals surface area contributed by atoms with Crippen LogP contribution in [0.5, 0.6) is 5.75 Å². The summed E-state index contributed by atoms with van der Waals surface area (Å²) in [5.41, 5.74) is 7.63. The smallest absolute Gasteiger partial charge is 0.223 e. The number of nitrogens with zero attached hydrogens (tertiary/aromatic N) is 3. The van der Waals surface area contributed by atoms with Crippen LogP contribution in [-0.4, -0.2) is 22.1 Å². The molecule has 1 aromatic carbocycles. The Morgan fingerprint density at radius 3 is 2.61 bits per heavy atom. The first kappa shape index (κ1) is 12.3. The number of hydrogen-bond acceptors (Lipinski definition) is 5. The third-order valence-electron chi connectivity index (χ3n) is 2.67. The first-order chi connectivity index (χ1) is 8.63. The molecule has 5 heteroatoms. The maximum atomic E-state index is 5.68. The molecule has 0 unspecified atom stereocenters. The van der Waals surface area contributed by atoms with E-state index in [9.17, 15) is 0 Å². The zero-order chi connectivity index (χ0) is 13.1. The van der Waals surface area contributed by atoms with E-state index < -0.39 is 0 Å². The van der Waals surface area contributed by atoms with Crippen molar-refractivity contribution < 1.29 is 4.74 Å². The third kappa shape index (κ3) is 2.40. The lowest BCUT2D eigenvalue weighted by molar-refractivity contribution is 0.412. The second-order valence-corrected chi connectivity index (χ2v) is 3.97. The minimum absolute atomic E-state index is 0.255. The molecule has 0 saturated carbocycles. The van der Waals surface area contributed by atoms with Crippen LogP contribution in [0.1, 0.15) is 18.3 Å². The molecular weight excluding hydrogens is 228 g/mol. The fourth-order valence-corrected chi connectivity index (χ4v) is 1.74. The van der Waals surface area contributed by atoms with Crippen molar-refractivity contribution in [2.24, 2.45) is 0 Å². The minimum atomic E-state index is 0.255. The molecule has 2 aromatic rings. The number of ether oxygens (including phenoxy) is 1. The molecule has 2 N–H and O–H groups in total. The van der Waals surface area contributed by atoms with Crippen LogP contribution in [0.2, 0.25) is 0 Å². The molecule has 18 heavy (non-hydrogen) atoms. The molecule has 0 amide bonds. The third-order valence-corrected chi connectivity index (χ3v) is 2.67. The monoisotopic (exact) mass is 244 g/mol. The molecule has 0 fully saturated rings. The molecular formula is C13H16N4O. The SMILES string of the molecule is CCc1nc(N)nc(-c2ccc(OC)c(C)c2)n1. The van der Waals surface area contributed by atoms with E-state index in [1.165, 1.54) is 0 Å². The Labute approximate surface area is 106 Å². The number of anilines is 1. The summed E-state index contributed by atoms with van der Waals surface area (Å²) in [6.45, 7) is 3.96. The maximum absolute atomic E-state index is 5.68. The Bertz CT molecular complexity index is 569. The Morgan fingerprint density at radius 2 is 2.00 bits per heavy atom. The van der Waals surface area contributed by atoms with Crippen LogP contribution in [0.25, 0.3) is 11.4 Å². The molecule has 2 rings (SSSR count). The first-order valence-electron chi connectivity index (χ1n) is 5.79. The van der Waals surface area contributed by atoms with E-state index in [0.717, 1.165) is 23.3 Å². The number of aromatic nitrogens is 3. The van der Waals surface area contributed by atoms with Gasteiger partial charge in [0.15, 0.2) is 5.82 Å². The van der Waals surface area contributed by atoms with Crippen molar-refractivity contribution in [1.29, 1.82) is 0 Å². The molecule has 1 heterocycles. The zero-order valence-corrected chi connectivity index (χ0v) is 10.8. The van der Waals surface area contributed by atoms with Gasteiger partial charge >= 0.3 is 0 Å². The molecule has 94 valence electrons. The van der Waals surface area contributed by atoms with Crippen molar-refractivity contribution in [3.05, 3.63) is 29.6 Å². The highest BCUT2D eigenvalue weighted by atomic mass is 16.5. The predicted molar refractivity (Wildman–Crippen MR) is 70.3 cm³/mol. The molecule has 1 aromatic heterocycles. The number of methoxy groups -OCH3 is 1. The summed E-state index contributed by atoms with van der Waals surface area (Å²) in [4.78, 5) is 12.6. The quantitative estimate of drug-likeness (QED) is 0.893. The lowest BCUT2D eigenvalue weighted by Gasteiger charge is -2.07. The Hall–Kier alpha value is -2.17. The molecule has 0 atom stereocenters. The molecule has 0 aliphatic carbocycles. The van der Waals surface area contributed by atoms with Gasteiger partial charge in [-0.1, -0.05) is 6.92 Å².